The number of halogens is 1. The van der Waals surface area contributed by atoms with Crippen LogP contribution in [0.1, 0.15) is 28.8 Å². The number of hydrogen-bond donors (Lipinski definition) is 2. The van der Waals surface area contributed by atoms with E-state index >= 15 is 0 Å². The minimum absolute atomic E-state index is 0.0272. The normalized spacial score (nSPS) is 19.3. The smallest absolute Gasteiger partial charge is 0.254 e. The van der Waals surface area contributed by atoms with Crippen molar-refractivity contribution in [3.05, 3.63) is 77.1 Å². The molecule has 1 aliphatic heterocycles. The number of benzene rings is 2. The predicted octanol–water partition coefficient (Wildman–Crippen LogP) is 4.19. The number of rotatable bonds is 5. The molecule has 0 bridgehead atoms. The van der Waals surface area contributed by atoms with E-state index in [1.165, 1.54) is 0 Å². The van der Waals surface area contributed by atoms with Crippen LogP contribution in [0.15, 0.2) is 60.9 Å². The van der Waals surface area contributed by atoms with E-state index in [0.717, 1.165) is 24.0 Å². The monoisotopic (exact) mass is 409 g/mol. The van der Waals surface area contributed by atoms with Crippen molar-refractivity contribution in [3.63, 3.8) is 0 Å². The van der Waals surface area contributed by atoms with Gasteiger partial charge < -0.3 is 15.0 Å². The Bertz CT molecular complexity index is 989. The predicted molar refractivity (Wildman–Crippen MR) is 114 cm³/mol. The molecule has 1 aromatic heterocycles. The first-order chi connectivity index (χ1) is 14.1. The van der Waals surface area contributed by atoms with Gasteiger partial charge in [0.2, 0.25) is 0 Å². The van der Waals surface area contributed by atoms with Crippen LogP contribution < -0.4 is 0 Å². The Hall–Kier alpha value is -2.63. The summed E-state index contributed by atoms with van der Waals surface area (Å²) in [5.41, 5.74) is 2.13. The first-order valence-corrected chi connectivity index (χ1v) is 10.2. The van der Waals surface area contributed by atoms with Crippen molar-refractivity contribution in [2.24, 2.45) is 5.41 Å². The molecule has 0 radical (unpaired) electrons. The number of aromatic amines is 1. The molecule has 2 N–H and O–H groups in total. The first kappa shape index (κ1) is 19.7. The minimum atomic E-state index is -0.363. The number of amides is 1. The van der Waals surface area contributed by atoms with Gasteiger partial charge >= 0.3 is 0 Å². The molecule has 1 saturated heterocycles. The number of aliphatic hydroxyl groups is 1. The summed E-state index contributed by atoms with van der Waals surface area (Å²) in [6.07, 6.45) is 5.85. The highest BCUT2D eigenvalue weighted by Gasteiger charge is 2.37. The Morgan fingerprint density at radius 3 is 2.86 bits per heavy atom. The van der Waals surface area contributed by atoms with Crippen LogP contribution in [0.5, 0.6) is 0 Å². The average Bonchev–Trinajstić information content (AvgIpc) is 3.28. The molecule has 3 aromatic rings. The molecule has 0 saturated carbocycles. The van der Waals surface area contributed by atoms with E-state index in [1.807, 2.05) is 53.4 Å². The number of likely N-dealkylation sites (tertiary alicyclic amines) is 1. The number of imidazole rings is 1. The Labute approximate surface area is 175 Å². The lowest BCUT2D eigenvalue weighted by atomic mass is 9.75. The van der Waals surface area contributed by atoms with Gasteiger partial charge in [-0.2, -0.15) is 0 Å². The third-order valence-electron chi connectivity index (χ3n) is 5.66. The number of hydrogen-bond acceptors (Lipinski definition) is 3. The van der Waals surface area contributed by atoms with Gasteiger partial charge in [-0.05, 0) is 43.0 Å². The summed E-state index contributed by atoms with van der Waals surface area (Å²) in [7, 11) is 0. The zero-order valence-electron chi connectivity index (χ0n) is 16.1. The zero-order chi connectivity index (χ0) is 20.3. The van der Waals surface area contributed by atoms with Crippen LogP contribution in [0.25, 0.3) is 11.4 Å². The molecule has 5 nitrogen and oxygen atoms in total. The van der Waals surface area contributed by atoms with Gasteiger partial charge in [0, 0.05) is 41.5 Å². The van der Waals surface area contributed by atoms with E-state index in [1.54, 1.807) is 12.4 Å². The number of nitrogens with zero attached hydrogens (tertiary/aromatic N) is 2. The van der Waals surface area contributed by atoms with Gasteiger partial charge in [0.05, 0.1) is 12.2 Å². The summed E-state index contributed by atoms with van der Waals surface area (Å²) in [6, 6.07) is 15.2. The number of aliphatic hydroxyl groups excluding tert-OH is 1. The van der Waals surface area contributed by atoms with Crippen molar-refractivity contribution in [1.29, 1.82) is 0 Å². The van der Waals surface area contributed by atoms with Crippen LogP contribution >= 0.6 is 11.6 Å². The summed E-state index contributed by atoms with van der Waals surface area (Å²) in [5, 5.41) is 10.9. The van der Waals surface area contributed by atoms with Gasteiger partial charge in [0.25, 0.3) is 5.91 Å². The maximum Gasteiger partial charge on any atom is 0.254 e. The number of piperidine rings is 1. The fourth-order valence-corrected chi connectivity index (χ4v) is 4.46. The summed E-state index contributed by atoms with van der Waals surface area (Å²) >= 11 is 6.14. The molecular formula is C23H24ClN3O2. The van der Waals surface area contributed by atoms with Gasteiger partial charge in [0.1, 0.15) is 5.82 Å². The third-order valence-corrected chi connectivity index (χ3v) is 5.90. The van der Waals surface area contributed by atoms with Crippen LogP contribution in [0.2, 0.25) is 5.02 Å². The van der Waals surface area contributed by atoms with Gasteiger partial charge in [0.15, 0.2) is 0 Å². The summed E-state index contributed by atoms with van der Waals surface area (Å²) in [6.45, 7) is 1.23. The van der Waals surface area contributed by atoms with E-state index in [4.69, 9.17) is 11.6 Å². The molecule has 1 amide bonds. The lowest BCUT2D eigenvalue weighted by molar-refractivity contribution is 0.0272. The molecule has 0 spiro atoms. The number of carbonyl (C=O) groups is 1. The molecule has 1 aliphatic rings. The highest BCUT2D eigenvalue weighted by atomic mass is 35.5. The van der Waals surface area contributed by atoms with Crippen molar-refractivity contribution < 1.29 is 9.90 Å². The molecule has 29 heavy (non-hydrogen) atoms. The fraction of sp³-hybridized carbons (Fsp3) is 0.304. The lowest BCUT2D eigenvalue weighted by Gasteiger charge is -2.42. The first-order valence-electron chi connectivity index (χ1n) is 9.84. The summed E-state index contributed by atoms with van der Waals surface area (Å²) in [5.74, 6) is 0.652. The Morgan fingerprint density at radius 1 is 1.24 bits per heavy atom. The molecule has 150 valence electrons. The van der Waals surface area contributed by atoms with Crippen molar-refractivity contribution in [2.75, 3.05) is 19.7 Å². The maximum atomic E-state index is 13.4. The second-order valence-corrected chi connectivity index (χ2v) is 8.21. The van der Waals surface area contributed by atoms with Gasteiger partial charge in [-0.25, -0.2) is 4.98 Å². The van der Waals surface area contributed by atoms with Crippen LogP contribution in [0, 0.1) is 5.41 Å². The number of aromatic nitrogens is 2. The van der Waals surface area contributed by atoms with E-state index < -0.39 is 0 Å². The molecule has 0 unspecified atom stereocenters. The standard InChI is InChI=1S/C23H24ClN3O2/c24-18-6-3-5-17(13-18)14-23(16-28)9-4-12-27(15-23)22(29)20-8-2-1-7-19(20)21-25-10-11-26-21/h1-3,5-8,10-11,13,28H,4,9,12,14-16H2,(H,25,26)/t23-/m1/s1. The molecule has 0 aliphatic carbocycles. The molecular weight excluding hydrogens is 386 g/mol. The summed E-state index contributed by atoms with van der Waals surface area (Å²) in [4.78, 5) is 22.7. The molecule has 6 heteroatoms. The van der Waals surface area contributed by atoms with Crippen LogP contribution in [-0.4, -0.2) is 45.6 Å². The lowest BCUT2D eigenvalue weighted by Crippen LogP contribution is -2.49. The van der Waals surface area contributed by atoms with Gasteiger partial charge in [-0.1, -0.05) is 41.9 Å². The summed E-state index contributed by atoms with van der Waals surface area (Å²) < 4.78 is 0. The van der Waals surface area contributed by atoms with Crippen LogP contribution in [-0.2, 0) is 6.42 Å². The highest BCUT2D eigenvalue weighted by molar-refractivity contribution is 6.30. The molecule has 4 rings (SSSR count). The quantitative estimate of drug-likeness (QED) is 0.663. The second kappa shape index (κ2) is 8.39. The zero-order valence-corrected chi connectivity index (χ0v) is 16.9. The van der Waals surface area contributed by atoms with Crippen LogP contribution in [0.3, 0.4) is 0 Å². The molecule has 2 heterocycles. The highest BCUT2D eigenvalue weighted by Crippen LogP contribution is 2.35. The topological polar surface area (TPSA) is 69.2 Å². The van der Waals surface area contributed by atoms with Gasteiger partial charge in [-0.3, -0.25) is 4.79 Å². The van der Waals surface area contributed by atoms with Gasteiger partial charge in [-0.15, -0.1) is 0 Å². The van der Waals surface area contributed by atoms with E-state index in [9.17, 15) is 9.90 Å². The molecule has 1 atom stereocenters. The van der Waals surface area contributed by atoms with Crippen molar-refractivity contribution in [3.8, 4) is 11.4 Å². The minimum Gasteiger partial charge on any atom is -0.396 e. The van der Waals surface area contributed by atoms with Crippen molar-refractivity contribution in [1.82, 2.24) is 14.9 Å². The number of H-pyrrole nitrogens is 1. The Balaban J connectivity index is 1.59. The largest absolute Gasteiger partial charge is 0.396 e. The molecule has 1 fully saturated rings. The van der Waals surface area contributed by atoms with E-state index in [-0.39, 0.29) is 17.9 Å². The number of carbonyl (C=O) groups excluding carboxylic acids is 1. The Morgan fingerprint density at radius 2 is 2.10 bits per heavy atom. The van der Waals surface area contributed by atoms with Crippen LogP contribution in [0.4, 0.5) is 0 Å². The Kier molecular flexibility index (Phi) is 5.69. The fourth-order valence-electron chi connectivity index (χ4n) is 4.25. The van der Waals surface area contributed by atoms with E-state index in [0.29, 0.717) is 35.9 Å². The average molecular weight is 410 g/mol. The SMILES string of the molecule is O=C(c1ccccc1-c1ncc[nH]1)N1CCC[C@@](CO)(Cc2cccc(Cl)c2)C1. The van der Waals surface area contributed by atoms with Crippen molar-refractivity contribution in [2.45, 2.75) is 19.3 Å². The maximum absolute atomic E-state index is 13.4. The van der Waals surface area contributed by atoms with E-state index in [2.05, 4.69) is 9.97 Å². The second-order valence-electron chi connectivity index (χ2n) is 7.78. The van der Waals surface area contributed by atoms with Crippen molar-refractivity contribution >= 4 is 17.5 Å². The molecule has 2 aromatic carbocycles. The number of nitrogens with one attached hydrogen (secondary N) is 1. The third kappa shape index (κ3) is 4.21.